The van der Waals surface area contributed by atoms with Crippen molar-refractivity contribution in [3.8, 4) is 28.7 Å². The van der Waals surface area contributed by atoms with Gasteiger partial charge in [0.15, 0.2) is 11.4 Å². The Morgan fingerprint density at radius 2 is 1.92 bits per heavy atom. The van der Waals surface area contributed by atoms with Crippen molar-refractivity contribution in [1.29, 1.82) is 0 Å². The van der Waals surface area contributed by atoms with Crippen molar-refractivity contribution in [2.45, 2.75) is 32.7 Å². The van der Waals surface area contributed by atoms with Crippen molar-refractivity contribution in [2.75, 3.05) is 5.32 Å². The van der Waals surface area contributed by atoms with Crippen molar-refractivity contribution >= 4 is 23.2 Å². The molecule has 2 heterocycles. The largest absolute Gasteiger partial charge is 0.348 e. The molecule has 2 aromatic carbocycles. The van der Waals surface area contributed by atoms with Crippen LogP contribution in [0.2, 0.25) is 0 Å². The Kier molecular flexibility index (Phi) is 5.76. The average Bonchev–Trinajstić information content (AvgIpc) is 3.38. The fraction of sp³-hybridized carbons (Fsp3) is 0.208. The van der Waals surface area contributed by atoms with Crippen LogP contribution in [0.3, 0.4) is 0 Å². The van der Waals surface area contributed by atoms with Crippen molar-refractivity contribution in [1.82, 2.24) is 25.2 Å². The molecule has 2 amide bonds. The number of aryl methyl sites for hydroxylation is 1. The summed E-state index contributed by atoms with van der Waals surface area (Å²) in [5.41, 5.74) is 2.40. The van der Waals surface area contributed by atoms with Crippen LogP contribution in [0.4, 0.5) is 11.4 Å². The molecule has 36 heavy (non-hydrogen) atoms. The van der Waals surface area contributed by atoms with Gasteiger partial charge in [-0.3, -0.25) is 19.7 Å². The SMILES string of the molecule is CC(=O)Nc1c(-c2noc(-c3ccc([N+](=O)[O-])cc3)n2)nn(-c2cccc(C)c2)c1C(=O)NC1CC1. The second kappa shape index (κ2) is 9.06. The van der Waals surface area contributed by atoms with Gasteiger partial charge in [0.1, 0.15) is 5.69 Å². The van der Waals surface area contributed by atoms with Crippen molar-refractivity contribution in [3.63, 3.8) is 0 Å². The Bertz CT molecular complexity index is 1490. The predicted octanol–water partition coefficient (Wildman–Crippen LogP) is 3.66. The quantitative estimate of drug-likeness (QED) is 0.295. The zero-order valence-electron chi connectivity index (χ0n) is 19.4. The molecule has 2 N–H and O–H groups in total. The van der Waals surface area contributed by atoms with E-state index in [4.69, 9.17) is 4.52 Å². The molecular weight excluding hydrogens is 466 g/mol. The Morgan fingerprint density at radius 1 is 1.17 bits per heavy atom. The number of anilines is 1. The molecule has 1 aliphatic rings. The van der Waals surface area contributed by atoms with E-state index in [1.54, 1.807) is 6.07 Å². The minimum absolute atomic E-state index is 0.0407. The van der Waals surface area contributed by atoms with Crippen LogP contribution < -0.4 is 10.6 Å². The van der Waals surface area contributed by atoms with E-state index in [0.29, 0.717) is 11.3 Å². The lowest BCUT2D eigenvalue weighted by molar-refractivity contribution is -0.384. The Labute approximate surface area is 204 Å². The number of hydrogen-bond donors (Lipinski definition) is 2. The number of rotatable bonds is 7. The van der Waals surface area contributed by atoms with Crippen molar-refractivity contribution < 1.29 is 19.0 Å². The summed E-state index contributed by atoms with van der Waals surface area (Å²) >= 11 is 0. The van der Waals surface area contributed by atoms with Gasteiger partial charge >= 0.3 is 0 Å². The van der Waals surface area contributed by atoms with Gasteiger partial charge in [-0.15, -0.1) is 0 Å². The predicted molar refractivity (Wildman–Crippen MR) is 128 cm³/mol. The average molecular weight is 487 g/mol. The normalized spacial score (nSPS) is 12.8. The number of carbonyl (C=O) groups excluding carboxylic acids is 2. The number of nitrogens with zero attached hydrogens (tertiary/aromatic N) is 5. The molecule has 0 unspecified atom stereocenters. The molecule has 12 nitrogen and oxygen atoms in total. The highest BCUT2D eigenvalue weighted by Crippen LogP contribution is 2.33. The Balaban J connectivity index is 1.63. The highest BCUT2D eigenvalue weighted by Gasteiger charge is 2.32. The third-order valence-corrected chi connectivity index (χ3v) is 5.52. The van der Waals surface area contributed by atoms with Crippen LogP contribution in [-0.4, -0.2) is 42.7 Å². The number of amides is 2. The summed E-state index contributed by atoms with van der Waals surface area (Å²) in [6.07, 6.45) is 1.77. The standard InChI is InChI=1S/C24H21N7O5/c1-13-4-3-5-18(12-13)30-21(23(33)26-16-8-9-16)19(25-14(2)32)20(28-30)22-27-24(36-29-22)15-6-10-17(11-7-15)31(34)35/h3-7,10-12,16H,8-9H2,1-2H3,(H,25,32)(H,26,33). The fourth-order valence-electron chi connectivity index (χ4n) is 3.67. The number of aromatic nitrogens is 4. The molecule has 1 saturated carbocycles. The van der Waals surface area contributed by atoms with E-state index in [1.807, 2.05) is 25.1 Å². The zero-order valence-corrected chi connectivity index (χ0v) is 19.4. The summed E-state index contributed by atoms with van der Waals surface area (Å²) in [6, 6.07) is 13.1. The van der Waals surface area contributed by atoms with Crippen LogP contribution in [0.15, 0.2) is 53.1 Å². The summed E-state index contributed by atoms with van der Waals surface area (Å²) < 4.78 is 6.83. The molecule has 0 spiro atoms. The number of carbonyl (C=O) groups is 2. The van der Waals surface area contributed by atoms with Gasteiger partial charge in [0.05, 0.1) is 10.6 Å². The Morgan fingerprint density at radius 3 is 2.56 bits per heavy atom. The molecule has 2 aromatic heterocycles. The van der Waals surface area contributed by atoms with Gasteiger partial charge < -0.3 is 15.2 Å². The fourth-order valence-corrected chi connectivity index (χ4v) is 3.67. The molecule has 0 aliphatic heterocycles. The first-order valence-electron chi connectivity index (χ1n) is 11.2. The summed E-state index contributed by atoms with van der Waals surface area (Å²) in [4.78, 5) is 40.2. The van der Waals surface area contributed by atoms with E-state index >= 15 is 0 Å². The molecule has 0 atom stereocenters. The van der Waals surface area contributed by atoms with Crippen LogP contribution in [0.1, 0.15) is 35.8 Å². The molecule has 4 aromatic rings. The number of hydrogen-bond acceptors (Lipinski definition) is 8. The van der Waals surface area contributed by atoms with E-state index in [0.717, 1.165) is 18.4 Å². The third kappa shape index (κ3) is 4.56. The summed E-state index contributed by atoms with van der Waals surface area (Å²) in [5, 5.41) is 25.2. The number of benzene rings is 2. The first-order chi connectivity index (χ1) is 17.3. The lowest BCUT2D eigenvalue weighted by Gasteiger charge is -2.10. The summed E-state index contributed by atoms with van der Waals surface area (Å²) in [6.45, 7) is 3.25. The van der Waals surface area contributed by atoms with E-state index in [2.05, 4.69) is 25.9 Å². The Hall–Kier alpha value is -4.87. The zero-order chi connectivity index (χ0) is 25.4. The van der Waals surface area contributed by atoms with Gasteiger partial charge in [-0.05, 0) is 49.6 Å². The summed E-state index contributed by atoms with van der Waals surface area (Å²) in [5.74, 6) is -0.651. The molecule has 0 saturated heterocycles. The monoisotopic (exact) mass is 487 g/mol. The molecule has 5 rings (SSSR count). The van der Waals surface area contributed by atoms with Gasteiger partial charge in [-0.25, -0.2) is 4.68 Å². The second-order valence-corrected chi connectivity index (χ2v) is 8.48. The molecule has 182 valence electrons. The van der Waals surface area contributed by atoms with Gasteiger partial charge in [-0.1, -0.05) is 17.3 Å². The molecular formula is C24H21N7O5. The topological polar surface area (TPSA) is 158 Å². The van der Waals surface area contributed by atoms with Gasteiger partial charge in [0.25, 0.3) is 17.5 Å². The first kappa shape index (κ1) is 22.9. The maximum absolute atomic E-state index is 13.3. The van der Waals surface area contributed by atoms with E-state index in [1.165, 1.54) is 35.9 Å². The summed E-state index contributed by atoms with van der Waals surface area (Å²) in [7, 11) is 0. The maximum Gasteiger partial charge on any atom is 0.272 e. The van der Waals surface area contributed by atoms with Gasteiger partial charge in [0, 0.05) is 30.7 Å². The minimum Gasteiger partial charge on any atom is -0.348 e. The van der Waals surface area contributed by atoms with Crippen LogP contribution in [0.5, 0.6) is 0 Å². The third-order valence-electron chi connectivity index (χ3n) is 5.52. The molecule has 0 radical (unpaired) electrons. The van der Waals surface area contributed by atoms with Crippen molar-refractivity contribution in [3.05, 3.63) is 69.9 Å². The van der Waals surface area contributed by atoms with E-state index < -0.39 is 10.8 Å². The van der Waals surface area contributed by atoms with Crippen LogP contribution in [0.25, 0.3) is 28.7 Å². The number of nitro groups is 1. The highest BCUT2D eigenvalue weighted by atomic mass is 16.6. The number of non-ortho nitro benzene ring substituents is 1. The van der Waals surface area contributed by atoms with Crippen molar-refractivity contribution in [2.24, 2.45) is 0 Å². The van der Waals surface area contributed by atoms with E-state index in [9.17, 15) is 19.7 Å². The minimum atomic E-state index is -0.505. The molecule has 0 bridgehead atoms. The lowest BCUT2D eigenvalue weighted by Crippen LogP contribution is -2.29. The maximum atomic E-state index is 13.3. The highest BCUT2D eigenvalue weighted by molar-refractivity contribution is 6.06. The second-order valence-electron chi connectivity index (χ2n) is 8.48. The van der Waals surface area contributed by atoms with Gasteiger partial charge in [0.2, 0.25) is 11.7 Å². The number of nitro benzene ring substituents is 1. The van der Waals surface area contributed by atoms with E-state index in [-0.39, 0.29) is 46.4 Å². The van der Waals surface area contributed by atoms with Crippen LogP contribution in [-0.2, 0) is 4.79 Å². The smallest absolute Gasteiger partial charge is 0.272 e. The lowest BCUT2D eigenvalue weighted by atomic mass is 10.2. The first-order valence-corrected chi connectivity index (χ1v) is 11.2. The van der Waals surface area contributed by atoms with Gasteiger partial charge in [-0.2, -0.15) is 10.1 Å². The van der Waals surface area contributed by atoms with Crippen LogP contribution in [0, 0.1) is 17.0 Å². The van der Waals surface area contributed by atoms with Crippen LogP contribution >= 0.6 is 0 Å². The molecule has 12 heteroatoms. The number of nitrogens with one attached hydrogen (secondary N) is 2. The molecule has 1 fully saturated rings. The molecule has 1 aliphatic carbocycles.